The third kappa shape index (κ3) is 3.04. The van der Waals surface area contributed by atoms with E-state index in [9.17, 15) is 9.18 Å². The highest BCUT2D eigenvalue weighted by molar-refractivity contribution is 8.18. The lowest BCUT2D eigenvalue weighted by Crippen LogP contribution is -2.28. The smallest absolute Gasteiger partial charge is 0.266 e. The summed E-state index contributed by atoms with van der Waals surface area (Å²) in [7, 11) is 0. The normalized spacial score (nSPS) is 19.7. The van der Waals surface area contributed by atoms with Crippen molar-refractivity contribution in [2.75, 3.05) is 13.1 Å². The van der Waals surface area contributed by atoms with Gasteiger partial charge in [-0.05, 0) is 49.4 Å². The average Bonchev–Trinajstić information content (AvgIpc) is 2.69. The highest BCUT2D eigenvalue weighted by Crippen LogP contribution is 2.32. The van der Waals surface area contributed by atoms with Crippen molar-refractivity contribution in [3.63, 3.8) is 0 Å². The van der Waals surface area contributed by atoms with Gasteiger partial charge >= 0.3 is 0 Å². The van der Waals surface area contributed by atoms with Crippen LogP contribution >= 0.6 is 11.8 Å². The molecule has 1 heterocycles. The van der Waals surface area contributed by atoms with Crippen LogP contribution in [0.2, 0.25) is 0 Å². The van der Waals surface area contributed by atoms with Crippen LogP contribution in [0.4, 0.5) is 4.39 Å². The molecular weight excluding hydrogens is 263 g/mol. The van der Waals surface area contributed by atoms with Gasteiger partial charge in [-0.15, -0.1) is 0 Å². The molecular formula is C14H15FN2OS. The van der Waals surface area contributed by atoms with Crippen LogP contribution in [-0.2, 0) is 4.79 Å². The van der Waals surface area contributed by atoms with Crippen molar-refractivity contribution in [3.8, 4) is 0 Å². The Morgan fingerprint density at radius 3 is 2.58 bits per heavy atom. The molecule has 1 aliphatic rings. The van der Waals surface area contributed by atoms with E-state index in [-0.39, 0.29) is 11.7 Å². The number of amides is 1. The lowest BCUT2D eigenvalue weighted by atomic mass is 10.2. The molecule has 1 amide bonds. The molecule has 0 unspecified atom stereocenters. The van der Waals surface area contributed by atoms with Gasteiger partial charge in [0.05, 0.1) is 4.91 Å². The molecule has 0 N–H and O–H groups in total. The Morgan fingerprint density at radius 2 is 2.00 bits per heavy atom. The summed E-state index contributed by atoms with van der Waals surface area (Å²) in [6.07, 6.45) is 1.77. The topological polar surface area (TPSA) is 32.7 Å². The lowest BCUT2D eigenvalue weighted by Gasteiger charge is -2.11. The van der Waals surface area contributed by atoms with Gasteiger partial charge in [0, 0.05) is 13.1 Å². The summed E-state index contributed by atoms with van der Waals surface area (Å²) in [5, 5.41) is 0.739. The van der Waals surface area contributed by atoms with Crippen LogP contribution in [0.25, 0.3) is 6.08 Å². The van der Waals surface area contributed by atoms with Crippen molar-refractivity contribution in [2.24, 2.45) is 4.99 Å². The highest BCUT2D eigenvalue weighted by atomic mass is 32.2. The maximum Gasteiger partial charge on any atom is 0.266 e. The van der Waals surface area contributed by atoms with E-state index < -0.39 is 0 Å². The molecule has 100 valence electrons. The van der Waals surface area contributed by atoms with Gasteiger partial charge in [-0.2, -0.15) is 0 Å². The Kier molecular flexibility index (Phi) is 4.37. The highest BCUT2D eigenvalue weighted by Gasteiger charge is 2.31. The summed E-state index contributed by atoms with van der Waals surface area (Å²) in [4.78, 5) is 18.8. The van der Waals surface area contributed by atoms with E-state index in [2.05, 4.69) is 4.99 Å². The summed E-state index contributed by atoms with van der Waals surface area (Å²) in [5.41, 5.74) is 0.811. The van der Waals surface area contributed by atoms with Crippen LogP contribution in [0.15, 0.2) is 34.2 Å². The third-order valence-corrected chi connectivity index (χ3v) is 3.71. The summed E-state index contributed by atoms with van der Waals surface area (Å²) < 4.78 is 12.8. The standard InChI is InChI=1S/C14H15FN2OS/c1-3-16-14-17(4-2)13(18)12(19-14)9-10-5-7-11(15)8-6-10/h5-9H,3-4H2,1-2H3/b12-9-,16-14?. The van der Waals surface area contributed by atoms with Crippen molar-refractivity contribution in [2.45, 2.75) is 13.8 Å². The maximum atomic E-state index is 12.8. The number of hydrogen-bond acceptors (Lipinski definition) is 3. The first-order chi connectivity index (χ1) is 9.15. The monoisotopic (exact) mass is 278 g/mol. The van der Waals surface area contributed by atoms with Crippen molar-refractivity contribution >= 4 is 28.9 Å². The van der Waals surface area contributed by atoms with E-state index in [4.69, 9.17) is 0 Å². The Balaban J connectivity index is 2.28. The molecule has 2 rings (SSSR count). The van der Waals surface area contributed by atoms with Gasteiger partial charge in [-0.1, -0.05) is 12.1 Å². The number of benzene rings is 1. The van der Waals surface area contributed by atoms with Crippen molar-refractivity contribution < 1.29 is 9.18 Å². The van der Waals surface area contributed by atoms with Crippen LogP contribution in [0.1, 0.15) is 19.4 Å². The van der Waals surface area contributed by atoms with Gasteiger partial charge in [0.1, 0.15) is 5.82 Å². The number of likely N-dealkylation sites (N-methyl/N-ethyl adjacent to an activating group) is 1. The van der Waals surface area contributed by atoms with E-state index in [1.165, 1.54) is 23.9 Å². The molecule has 0 bridgehead atoms. The van der Waals surface area contributed by atoms with Crippen LogP contribution in [0.3, 0.4) is 0 Å². The number of carbonyl (C=O) groups excluding carboxylic acids is 1. The molecule has 0 aliphatic carbocycles. The fraction of sp³-hybridized carbons (Fsp3) is 0.286. The first-order valence-corrected chi connectivity index (χ1v) is 6.98. The summed E-state index contributed by atoms with van der Waals surface area (Å²) in [6.45, 7) is 5.11. The minimum atomic E-state index is -0.282. The zero-order valence-corrected chi connectivity index (χ0v) is 11.7. The van der Waals surface area contributed by atoms with E-state index in [0.29, 0.717) is 18.0 Å². The Morgan fingerprint density at radius 1 is 1.32 bits per heavy atom. The first kappa shape index (κ1) is 13.8. The largest absolute Gasteiger partial charge is 0.287 e. The molecule has 0 atom stereocenters. The minimum Gasteiger partial charge on any atom is -0.287 e. The van der Waals surface area contributed by atoms with E-state index in [0.717, 1.165) is 10.7 Å². The zero-order valence-electron chi connectivity index (χ0n) is 10.9. The molecule has 0 saturated carbocycles. The molecule has 0 spiro atoms. The van der Waals surface area contributed by atoms with Gasteiger partial charge in [-0.25, -0.2) is 4.39 Å². The second kappa shape index (κ2) is 6.02. The van der Waals surface area contributed by atoms with Crippen LogP contribution in [0.5, 0.6) is 0 Å². The number of rotatable bonds is 3. The second-order valence-electron chi connectivity index (χ2n) is 3.97. The van der Waals surface area contributed by atoms with E-state index in [1.807, 2.05) is 13.8 Å². The number of halogens is 1. The van der Waals surface area contributed by atoms with Crippen LogP contribution < -0.4 is 0 Å². The van der Waals surface area contributed by atoms with Crippen LogP contribution in [0, 0.1) is 5.82 Å². The quantitative estimate of drug-likeness (QED) is 0.796. The second-order valence-corrected chi connectivity index (χ2v) is 4.98. The van der Waals surface area contributed by atoms with Gasteiger partial charge in [-0.3, -0.25) is 14.7 Å². The van der Waals surface area contributed by atoms with Gasteiger partial charge in [0.15, 0.2) is 5.17 Å². The Bertz CT molecular complexity index is 537. The van der Waals surface area contributed by atoms with Crippen molar-refractivity contribution in [3.05, 3.63) is 40.6 Å². The minimum absolute atomic E-state index is 0.0379. The Hall–Kier alpha value is -1.62. The fourth-order valence-electron chi connectivity index (χ4n) is 1.75. The SMILES string of the molecule is CCN=C1S/C(=C\c2ccc(F)cc2)C(=O)N1CC. The van der Waals surface area contributed by atoms with E-state index in [1.54, 1.807) is 23.1 Å². The fourth-order valence-corrected chi connectivity index (χ4v) is 2.86. The van der Waals surface area contributed by atoms with Crippen molar-refractivity contribution in [1.82, 2.24) is 4.90 Å². The first-order valence-electron chi connectivity index (χ1n) is 6.17. The molecule has 3 nitrogen and oxygen atoms in total. The lowest BCUT2D eigenvalue weighted by molar-refractivity contribution is -0.122. The predicted octanol–water partition coefficient (Wildman–Crippen LogP) is 3.14. The summed E-state index contributed by atoms with van der Waals surface area (Å²) in [5.74, 6) is -0.319. The molecule has 0 aromatic heterocycles. The third-order valence-electron chi connectivity index (χ3n) is 2.67. The van der Waals surface area contributed by atoms with Gasteiger partial charge in [0.25, 0.3) is 5.91 Å². The number of hydrogen-bond donors (Lipinski definition) is 0. The molecule has 1 aliphatic heterocycles. The number of amidine groups is 1. The molecule has 5 heteroatoms. The number of carbonyl (C=O) groups is 1. The number of aliphatic imine (C=N–C) groups is 1. The molecule has 1 saturated heterocycles. The van der Waals surface area contributed by atoms with Gasteiger partial charge in [0.2, 0.25) is 0 Å². The van der Waals surface area contributed by atoms with E-state index >= 15 is 0 Å². The number of thioether (sulfide) groups is 1. The number of nitrogens with zero attached hydrogens (tertiary/aromatic N) is 2. The predicted molar refractivity (Wildman–Crippen MR) is 77.3 cm³/mol. The molecule has 1 fully saturated rings. The summed E-state index contributed by atoms with van der Waals surface area (Å²) in [6, 6.07) is 6.08. The molecule has 19 heavy (non-hydrogen) atoms. The Labute approximate surface area is 116 Å². The molecule has 0 radical (unpaired) electrons. The molecule has 1 aromatic rings. The van der Waals surface area contributed by atoms with Crippen LogP contribution in [-0.4, -0.2) is 29.1 Å². The molecule has 1 aromatic carbocycles. The summed E-state index contributed by atoms with van der Waals surface area (Å²) >= 11 is 1.37. The maximum absolute atomic E-state index is 12.8. The zero-order chi connectivity index (χ0) is 13.8. The van der Waals surface area contributed by atoms with Crippen molar-refractivity contribution in [1.29, 1.82) is 0 Å². The van der Waals surface area contributed by atoms with Gasteiger partial charge < -0.3 is 0 Å². The average molecular weight is 278 g/mol.